The van der Waals surface area contributed by atoms with Crippen molar-refractivity contribution < 1.29 is 4.79 Å². The Morgan fingerprint density at radius 3 is 2.57 bits per heavy atom. The number of carbonyl (C=O) groups is 1. The van der Waals surface area contributed by atoms with E-state index in [1.54, 1.807) is 6.33 Å². The van der Waals surface area contributed by atoms with Crippen LogP contribution in [-0.2, 0) is 11.2 Å². The lowest BCUT2D eigenvalue weighted by molar-refractivity contribution is -0.120. The van der Waals surface area contributed by atoms with E-state index in [4.69, 9.17) is 0 Å². The van der Waals surface area contributed by atoms with Crippen LogP contribution in [0.5, 0.6) is 0 Å². The maximum atomic E-state index is 12.0. The van der Waals surface area contributed by atoms with E-state index >= 15 is 0 Å². The summed E-state index contributed by atoms with van der Waals surface area (Å²) in [6, 6.07) is 0. The fourth-order valence-corrected chi connectivity index (χ4v) is 2.78. The van der Waals surface area contributed by atoms with Gasteiger partial charge in [0, 0.05) is 29.2 Å². The van der Waals surface area contributed by atoms with E-state index in [1.165, 1.54) is 0 Å². The van der Waals surface area contributed by atoms with Gasteiger partial charge in [-0.05, 0) is 36.0 Å². The summed E-state index contributed by atoms with van der Waals surface area (Å²) in [6.45, 7) is 10.1. The van der Waals surface area contributed by atoms with Gasteiger partial charge in [0.25, 0.3) is 0 Å². The molecular formula is C24H29N3O. The monoisotopic (exact) mass is 375 g/mol. The maximum Gasteiger partial charge on any atom is 0.224 e. The van der Waals surface area contributed by atoms with Crippen LogP contribution < -0.4 is 15.9 Å². The molecule has 0 atom stereocenters. The van der Waals surface area contributed by atoms with Crippen LogP contribution in [0.4, 0.5) is 0 Å². The van der Waals surface area contributed by atoms with Crippen molar-refractivity contribution in [2.45, 2.75) is 47.5 Å². The summed E-state index contributed by atoms with van der Waals surface area (Å²) in [4.78, 5) is 20.8. The molecule has 146 valence electrons. The van der Waals surface area contributed by atoms with Crippen molar-refractivity contribution in [2.24, 2.45) is 5.41 Å². The van der Waals surface area contributed by atoms with Crippen molar-refractivity contribution in [3.63, 3.8) is 0 Å². The smallest absolute Gasteiger partial charge is 0.224 e. The molecule has 1 amide bonds. The molecule has 2 aliphatic rings. The maximum absolute atomic E-state index is 12.0. The van der Waals surface area contributed by atoms with Crippen LogP contribution in [0.1, 0.15) is 46.7 Å². The molecule has 0 spiro atoms. The molecule has 0 aromatic carbocycles. The van der Waals surface area contributed by atoms with Gasteiger partial charge in [0.2, 0.25) is 5.91 Å². The van der Waals surface area contributed by atoms with Crippen molar-refractivity contribution in [3.05, 3.63) is 76.0 Å². The van der Waals surface area contributed by atoms with Gasteiger partial charge in [0.05, 0.1) is 11.0 Å². The van der Waals surface area contributed by atoms with E-state index in [0.29, 0.717) is 12.8 Å². The van der Waals surface area contributed by atoms with Gasteiger partial charge in [-0.25, -0.2) is 9.97 Å². The molecule has 0 radical (unpaired) electrons. The lowest BCUT2D eigenvalue weighted by atomic mass is 9.93. The highest BCUT2D eigenvalue weighted by Crippen LogP contribution is 2.25. The first-order valence-electron chi connectivity index (χ1n) is 9.83. The van der Waals surface area contributed by atoms with Gasteiger partial charge in [-0.3, -0.25) is 4.79 Å². The number of amides is 1. The lowest BCUT2D eigenvalue weighted by Gasteiger charge is -2.12. The standard InChI is InChI=1S/C22H23N3O.C2H6/c1-4-21(26)25-18-11-13-22(2,3)12-10-16(18)14-20-17-8-6-5-7-9-19(17)23-15-24-20;1-2/h6-13,15H,4,14H2,1-3H3,(H,25,26);1-2H3. The molecule has 4 nitrogen and oxygen atoms in total. The molecular weight excluding hydrogens is 346 g/mol. The summed E-state index contributed by atoms with van der Waals surface area (Å²) in [5.41, 5.74) is 5.78. The molecule has 0 aliphatic heterocycles. The van der Waals surface area contributed by atoms with Crippen molar-refractivity contribution in [3.8, 4) is 0 Å². The van der Waals surface area contributed by atoms with Crippen molar-refractivity contribution in [1.82, 2.24) is 15.3 Å². The van der Waals surface area contributed by atoms with E-state index in [0.717, 1.165) is 27.5 Å². The highest BCUT2D eigenvalue weighted by molar-refractivity contribution is 5.78. The number of nitrogens with one attached hydrogen (secondary N) is 1. The van der Waals surface area contributed by atoms with E-state index in [1.807, 2.05) is 51.2 Å². The van der Waals surface area contributed by atoms with Gasteiger partial charge < -0.3 is 5.32 Å². The van der Waals surface area contributed by atoms with Gasteiger partial charge in [-0.2, -0.15) is 0 Å². The predicted molar refractivity (Wildman–Crippen MR) is 115 cm³/mol. The Labute approximate surface area is 167 Å². The summed E-state index contributed by atoms with van der Waals surface area (Å²) in [5, 5.41) is 4.89. The van der Waals surface area contributed by atoms with Gasteiger partial charge in [-0.1, -0.05) is 52.8 Å². The third-order valence-electron chi connectivity index (χ3n) is 4.37. The predicted octanol–water partition coefficient (Wildman–Crippen LogP) is 3.26. The SMILES string of the molecule is CC.CCC(=O)NC1=C(Cc2ncnc3c2=CC=C=CC=3)C=CC(C)(C)C=C1. The summed E-state index contributed by atoms with van der Waals surface area (Å²) in [5.74, 6) is 0.00352. The van der Waals surface area contributed by atoms with Gasteiger partial charge in [-0.15, -0.1) is 5.73 Å². The number of carbonyl (C=O) groups excluding carboxylic acids is 1. The van der Waals surface area contributed by atoms with Crippen molar-refractivity contribution in [2.75, 3.05) is 0 Å². The zero-order valence-electron chi connectivity index (χ0n) is 17.4. The number of allylic oxidation sites excluding steroid dienone is 6. The second-order valence-electron chi connectivity index (χ2n) is 6.96. The minimum atomic E-state index is -0.0704. The Kier molecular flexibility index (Phi) is 7.48. The molecule has 4 heteroatoms. The number of hydrogen-bond donors (Lipinski definition) is 1. The quantitative estimate of drug-likeness (QED) is 0.822. The molecule has 0 fully saturated rings. The number of fused-ring (bicyclic) bond motifs is 1. The number of nitrogens with zero attached hydrogens (tertiary/aromatic N) is 2. The molecule has 0 saturated heterocycles. The van der Waals surface area contributed by atoms with Gasteiger partial charge in [0.1, 0.15) is 6.33 Å². The molecule has 0 saturated carbocycles. The van der Waals surface area contributed by atoms with Crippen LogP contribution in [0.3, 0.4) is 0 Å². The molecule has 3 rings (SSSR count). The Hall–Kier alpha value is -2.97. The van der Waals surface area contributed by atoms with Gasteiger partial charge in [0.15, 0.2) is 0 Å². The number of rotatable bonds is 4. The lowest BCUT2D eigenvalue weighted by Crippen LogP contribution is -2.33. The summed E-state index contributed by atoms with van der Waals surface area (Å²) in [6.07, 6.45) is 18.6. The molecule has 0 unspecified atom stereocenters. The Morgan fingerprint density at radius 2 is 1.82 bits per heavy atom. The highest BCUT2D eigenvalue weighted by atomic mass is 16.1. The normalized spacial score (nSPS) is 16.0. The Bertz CT molecular complexity index is 1000. The summed E-state index contributed by atoms with van der Waals surface area (Å²) >= 11 is 0. The fraction of sp³-hybridized carbons (Fsp3) is 0.333. The molecule has 1 aromatic heterocycles. The zero-order chi connectivity index (χ0) is 20.6. The zero-order valence-corrected chi connectivity index (χ0v) is 17.4. The molecule has 1 aromatic rings. The second kappa shape index (κ2) is 9.82. The van der Waals surface area contributed by atoms with Crippen molar-refractivity contribution >= 4 is 18.1 Å². The number of aromatic nitrogens is 2. The molecule has 0 bridgehead atoms. The first kappa shape index (κ1) is 21.3. The van der Waals surface area contributed by atoms with E-state index in [2.05, 4.69) is 53.1 Å². The van der Waals surface area contributed by atoms with Crippen LogP contribution in [-0.4, -0.2) is 15.9 Å². The Balaban J connectivity index is 0.00000136. The topological polar surface area (TPSA) is 54.9 Å². The third kappa shape index (κ3) is 5.51. The minimum absolute atomic E-state index is 0.00352. The van der Waals surface area contributed by atoms with E-state index in [9.17, 15) is 4.79 Å². The molecule has 28 heavy (non-hydrogen) atoms. The average molecular weight is 376 g/mol. The van der Waals surface area contributed by atoms with Crippen LogP contribution in [0.2, 0.25) is 0 Å². The first-order valence-corrected chi connectivity index (χ1v) is 9.83. The van der Waals surface area contributed by atoms with Crippen LogP contribution >= 0.6 is 0 Å². The number of hydrogen-bond acceptors (Lipinski definition) is 3. The summed E-state index contributed by atoms with van der Waals surface area (Å²) in [7, 11) is 0. The highest BCUT2D eigenvalue weighted by Gasteiger charge is 2.16. The molecule has 1 N–H and O–H groups in total. The molecule has 2 aliphatic carbocycles. The largest absolute Gasteiger partial charge is 0.326 e. The Morgan fingerprint density at radius 1 is 1.11 bits per heavy atom. The van der Waals surface area contributed by atoms with Gasteiger partial charge >= 0.3 is 0 Å². The minimum Gasteiger partial charge on any atom is -0.326 e. The van der Waals surface area contributed by atoms with Crippen LogP contribution in [0.15, 0.2) is 59.8 Å². The molecule has 1 heterocycles. The third-order valence-corrected chi connectivity index (χ3v) is 4.37. The van der Waals surface area contributed by atoms with Crippen LogP contribution in [0.25, 0.3) is 12.2 Å². The summed E-state index contributed by atoms with van der Waals surface area (Å²) < 4.78 is 0. The second-order valence-corrected chi connectivity index (χ2v) is 6.96. The van der Waals surface area contributed by atoms with Crippen LogP contribution in [0, 0.1) is 5.41 Å². The van der Waals surface area contributed by atoms with Crippen molar-refractivity contribution in [1.29, 1.82) is 0 Å². The first-order chi connectivity index (χ1) is 13.5. The average Bonchev–Trinajstić information content (AvgIpc) is 3.02. The fourth-order valence-electron chi connectivity index (χ4n) is 2.78. The van der Waals surface area contributed by atoms with E-state index in [-0.39, 0.29) is 11.3 Å². The van der Waals surface area contributed by atoms with E-state index < -0.39 is 0 Å².